The van der Waals surface area contributed by atoms with E-state index in [1.165, 1.54) is 7.11 Å². The van der Waals surface area contributed by atoms with Gasteiger partial charge in [0.05, 0.1) is 23.4 Å². The van der Waals surface area contributed by atoms with E-state index in [0.717, 1.165) is 49.4 Å². The van der Waals surface area contributed by atoms with Gasteiger partial charge in [-0.3, -0.25) is 0 Å². The van der Waals surface area contributed by atoms with Crippen LogP contribution < -0.4 is 10.0 Å². The number of aromatic nitrogens is 3. The van der Waals surface area contributed by atoms with E-state index in [-0.39, 0.29) is 23.3 Å². The zero-order chi connectivity index (χ0) is 23.0. The van der Waals surface area contributed by atoms with Crippen molar-refractivity contribution in [3.63, 3.8) is 0 Å². The van der Waals surface area contributed by atoms with Gasteiger partial charge in [0.15, 0.2) is 0 Å². The van der Waals surface area contributed by atoms with Gasteiger partial charge >= 0.3 is 5.97 Å². The number of hydrogen-bond donors (Lipinski definition) is 2. The molecule has 0 aliphatic heterocycles. The molecule has 2 fully saturated rings. The minimum absolute atomic E-state index is 0.0103. The summed E-state index contributed by atoms with van der Waals surface area (Å²) in [5, 5.41) is 4.01. The van der Waals surface area contributed by atoms with Crippen LogP contribution in [0, 0.1) is 0 Å². The Hall–Kier alpha value is -2.98. The maximum atomic E-state index is 12.2. The molecule has 0 atom stereocenters. The molecule has 0 spiro atoms. The number of fused-ring (bicyclic) bond motifs is 1. The molecule has 0 bridgehead atoms. The van der Waals surface area contributed by atoms with Crippen LogP contribution >= 0.6 is 0 Å². The third kappa shape index (κ3) is 4.58. The van der Waals surface area contributed by atoms with E-state index in [9.17, 15) is 13.2 Å². The highest BCUT2D eigenvalue weighted by Gasteiger charge is 2.37. The average Bonchev–Trinajstić information content (AvgIpc) is 3.60. The monoisotopic (exact) mass is 469 g/mol. The van der Waals surface area contributed by atoms with Crippen LogP contribution in [-0.2, 0) is 14.8 Å². The third-order valence-electron chi connectivity index (χ3n) is 6.38. The molecular weight excluding hydrogens is 442 g/mol. The van der Waals surface area contributed by atoms with Gasteiger partial charge in [0.25, 0.3) is 0 Å². The highest BCUT2D eigenvalue weighted by atomic mass is 32.2. The number of sulfonamides is 1. The van der Waals surface area contributed by atoms with Crippen LogP contribution in [0.3, 0.4) is 0 Å². The van der Waals surface area contributed by atoms with Crippen molar-refractivity contribution in [3.05, 3.63) is 48.3 Å². The van der Waals surface area contributed by atoms with Gasteiger partial charge in [-0.15, -0.1) is 0 Å². The lowest BCUT2D eigenvalue weighted by Crippen LogP contribution is -2.41. The molecule has 9 nitrogen and oxygen atoms in total. The number of anilines is 1. The number of ether oxygens (including phenoxy) is 1. The Labute approximate surface area is 192 Å². The molecule has 2 saturated carbocycles. The van der Waals surface area contributed by atoms with E-state index in [0.29, 0.717) is 17.3 Å². The summed E-state index contributed by atoms with van der Waals surface area (Å²) in [7, 11) is -1.78. The Kier molecular flexibility index (Phi) is 5.79. The second-order valence-electron chi connectivity index (χ2n) is 8.71. The number of esters is 1. The quantitative estimate of drug-likeness (QED) is 0.511. The van der Waals surface area contributed by atoms with Crippen LogP contribution in [0.25, 0.3) is 16.7 Å². The van der Waals surface area contributed by atoms with Crippen LogP contribution in [0.4, 0.5) is 5.95 Å². The number of carbonyl (C=O) groups excluding carboxylic acids is 1. The van der Waals surface area contributed by atoms with E-state index in [4.69, 9.17) is 4.74 Å². The Balaban J connectivity index is 1.27. The highest BCUT2D eigenvalue weighted by molar-refractivity contribution is 7.90. The lowest BCUT2D eigenvalue weighted by atomic mass is 9.92. The van der Waals surface area contributed by atoms with E-state index in [1.807, 2.05) is 35.0 Å². The second-order valence-corrected chi connectivity index (χ2v) is 10.7. The van der Waals surface area contributed by atoms with Gasteiger partial charge < -0.3 is 14.6 Å². The molecule has 5 rings (SSSR count). The lowest BCUT2D eigenvalue weighted by Gasteiger charge is -2.29. The Morgan fingerprint density at radius 3 is 2.55 bits per heavy atom. The molecule has 2 aliphatic carbocycles. The van der Waals surface area contributed by atoms with E-state index >= 15 is 0 Å². The minimum Gasteiger partial charge on any atom is -0.465 e. The number of benzene rings is 1. The van der Waals surface area contributed by atoms with Gasteiger partial charge in [-0.1, -0.05) is 6.07 Å². The molecule has 174 valence electrons. The molecule has 0 amide bonds. The van der Waals surface area contributed by atoms with Crippen LogP contribution in [0.15, 0.2) is 42.7 Å². The van der Waals surface area contributed by atoms with Gasteiger partial charge in [0.1, 0.15) is 5.82 Å². The van der Waals surface area contributed by atoms with E-state index in [1.54, 1.807) is 12.3 Å². The molecule has 3 aromatic rings. The SMILES string of the molecule is COC(=O)c1cccc2c1ccn2-c1ccnc(NC2CCC(NS(=O)(=O)C3CC3)CC2)n1. The predicted molar refractivity (Wildman–Crippen MR) is 125 cm³/mol. The smallest absolute Gasteiger partial charge is 0.338 e. The molecule has 2 N–H and O–H groups in total. The fraction of sp³-hybridized carbons (Fsp3) is 0.435. The first-order chi connectivity index (χ1) is 15.9. The van der Waals surface area contributed by atoms with Crippen molar-refractivity contribution < 1.29 is 17.9 Å². The van der Waals surface area contributed by atoms with Crippen molar-refractivity contribution in [1.82, 2.24) is 19.3 Å². The number of hydrogen-bond acceptors (Lipinski definition) is 7. The summed E-state index contributed by atoms with van der Waals surface area (Å²) in [6.45, 7) is 0. The molecule has 0 saturated heterocycles. The Bertz CT molecular complexity index is 1280. The summed E-state index contributed by atoms with van der Waals surface area (Å²) in [4.78, 5) is 21.1. The van der Waals surface area contributed by atoms with E-state index < -0.39 is 10.0 Å². The number of nitrogens with one attached hydrogen (secondary N) is 2. The van der Waals surface area contributed by atoms with Gasteiger partial charge in [-0.25, -0.2) is 22.9 Å². The van der Waals surface area contributed by atoms with Crippen LogP contribution in [0.2, 0.25) is 0 Å². The van der Waals surface area contributed by atoms with Crippen molar-refractivity contribution in [2.75, 3.05) is 12.4 Å². The minimum atomic E-state index is -3.15. The van der Waals surface area contributed by atoms with Crippen LogP contribution in [-0.4, -0.2) is 53.4 Å². The number of nitrogens with zero attached hydrogens (tertiary/aromatic N) is 3. The summed E-state index contributed by atoms with van der Waals surface area (Å²) in [6.07, 6.45) is 8.42. The van der Waals surface area contributed by atoms with E-state index in [2.05, 4.69) is 20.0 Å². The lowest BCUT2D eigenvalue weighted by molar-refractivity contribution is 0.0603. The van der Waals surface area contributed by atoms with Crippen molar-refractivity contribution in [1.29, 1.82) is 0 Å². The Morgan fingerprint density at radius 1 is 1.06 bits per heavy atom. The predicted octanol–water partition coefficient (Wildman–Crippen LogP) is 3.01. The van der Waals surface area contributed by atoms with Crippen molar-refractivity contribution >= 4 is 32.8 Å². The largest absolute Gasteiger partial charge is 0.465 e. The van der Waals surface area contributed by atoms with Crippen molar-refractivity contribution in [2.45, 2.75) is 55.9 Å². The van der Waals surface area contributed by atoms with Gasteiger partial charge in [-0.05, 0) is 62.8 Å². The number of rotatable bonds is 7. The highest BCUT2D eigenvalue weighted by Crippen LogP contribution is 2.30. The molecule has 2 aromatic heterocycles. The molecule has 0 radical (unpaired) electrons. The zero-order valence-electron chi connectivity index (χ0n) is 18.4. The molecule has 0 unspecified atom stereocenters. The second kappa shape index (κ2) is 8.75. The summed E-state index contributed by atoms with van der Waals surface area (Å²) in [5.74, 6) is 0.842. The standard InChI is InChI=1S/C23H27N5O4S/c1-32-22(29)19-3-2-4-20-18(19)12-14-28(20)21-11-13-24-23(26-21)25-15-5-7-16(8-6-15)27-33(30,31)17-9-10-17/h2-4,11-17,27H,5-10H2,1H3,(H,24,25,26). The summed E-state index contributed by atoms with van der Waals surface area (Å²) >= 11 is 0. The third-order valence-corrected chi connectivity index (χ3v) is 8.39. The maximum absolute atomic E-state index is 12.2. The fourth-order valence-corrected chi connectivity index (χ4v) is 6.10. The van der Waals surface area contributed by atoms with Gasteiger partial charge in [0.2, 0.25) is 16.0 Å². The molecular formula is C23H27N5O4S. The van der Waals surface area contributed by atoms with Crippen LogP contribution in [0.1, 0.15) is 48.9 Å². The summed E-state index contributed by atoms with van der Waals surface area (Å²) in [6, 6.07) is 9.39. The molecule has 2 aliphatic rings. The first-order valence-corrected chi connectivity index (χ1v) is 12.8. The number of methoxy groups -OCH3 is 1. The summed E-state index contributed by atoms with van der Waals surface area (Å²) in [5.41, 5.74) is 1.36. The molecule has 1 aromatic carbocycles. The average molecular weight is 470 g/mol. The van der Waals surface area contributed by atoms with Crippen molar-refractivity contribution in [3.8, 4) is 5.82 Å². The maximum Gasteiger partial charge on any atom is 0.338 e. The van der Waals surface area contributed by atoms with Gasteiger partial charge in [0, 0.05) is 29.9 Å². The fourth-order valence-electron chi connectivity index (χ4n) is 4.45. The molecule has 2 heterocycles. The number of carbonyl (C=O) groups is 1. The van der Waals surface area contributed by atoms with Gasteiger partial charge in [-0.2, -0.15) is 4.98 Å². The topological polar surface area (TPSA) is 115 Å². The normalized spacial score (nSPS) is 21.1. The molecule has 10 heteroatoms. The van der Waals surface area contributed by atoms with Crippen molar-refractivity contribution in [2.24, 2.45) is 0 Å². The zero-order valence-corrected chi connectivity index (χ0v) is 19.2. The Morgan fingerprint density at radius 2 is 1.82 bits per heavy atom. The first-order valence-electron chi connectivity index (χ1n) is 11.2. The van der Waals surface area contributed by atoms with Crippen LogP contribution in [0.5, 0.6) is 0 Å². The molecule has 33 heavy (non-hydrogen) atoms. The summed E-state index contributed by atoms with van der Waals surface area (Å²) < 4.78 is 34.0. The first kappa shape index (κ1) is 21.8.